The highest BCUT2D eigenvalue weighted by Gasteiger charge is 2.30. The van der Waals surface area contributed by atoms with Gasteiger partial charge in [0, 0.05) is 32.2 Å². The molecule has 3 amide bonds. The molecule has 2 fully saturated rings. The van der Waals surface area contributed by atoms with Gasteiger partial charge in [-0.25, -0.2) is 4.79 Å². The average Bonchev–Trinajstić information content (AvgIpc) is 3.14. The third kappa shape index (κ3) is 5.59. The molecular weight excluding hydrogens is 364 g/mol. The molecule has 7 heteroatoms. The third-order valence-corrected chi connectivity index (χ3v) is 5.69. The number of hydrogen-bond acceptors (Lipinski definition) is 3. The van der Waals surface area contributed by atoms with Crippen molar-refractivity contribution in [2.24, 2.45) is 0 Å². The Balaban J connectivity index is 1.39. The monoisotopic (exact) mass is 392 g/mol. The number of urea groups is 1. The molecule has 1 aromatic carbocycles. The van der Waals surface area contributed by atoms with Gasteiger partial charge >= 0.3 is 6.03 Å². The third-order valence-electron chi connectivity index (χ3n) is 5.36. The van der Waals surface area contributed by atoms with E-state index in [2.05, 4.69) is 15.5 Å². The maximum atomic E-state index is 12.5. The number of nitrogens with one attached hydrogen (secondary N) is 2. The highest BCUT2D eigenvalue weighted by Crippen LogP contribution is 2.20. The first-order valence-electron chi connectivity index (χ1n) is 9.94. The number of likely N-dealkylation sites (tertiary alicyclic amines) is 2. The summed E-state index contributed by atoms with van der Waals surface area (Å²) in [6.45, 7) is 4.88. The van der Waals surface area contributed by atoms with E-state index < -0.39 is 0 Å². The van der Waals surface area contributed by atoms with Crippen LogP contribution in [0.2, 0.25) is 5.02 Å². The molecule has 6 nitrogen and oxygen atoms in total. The van der Waals surface area contributed by atoms with Crippen LogP contribution in [-0.2, 0) is 0 Å². The molecule has 2 saturated heterocycles. The lowest BCUT2D eigenvalue weighted by atomic mass is 10.1. The molecule has 2 aliphatic rings. The molecule has 0 saturated carbocycles. The quantitative estimate of drug-likeness (QED) is 0.731. The van der Waals surface area contributed by atoms with E-state index in [4.69, 9.17) is 11.6 Å². The molecule has 1 atom stereocenters. The zero-order valence-electron chi connectivity index (χ0n) is 15.8. The molecule has 2 aliphatic heterocycles. The summed E-state index contributed by atoms with van der Waals surface area (Å²) in [7, 11) is 0. The Bertz CT molecular complexity index is 649. The number of piperidine rings is 1. The summed E-state index contributed by atoms with van der Waals surface area (Å²) in [6, 6.07) is 7.22. The summed E-state index contributed by atoms with van der Waals surface area (Å²) >= 11 is 6.02. The van der Waals surface area contributed by atoms with Gasteiger partial charge in [-0.3, -0.25) is 4.79 Å². The molecule has 0 aliphatic carbocycles. The number of benzene rings is 1. The maximum absolute atomic E-state index is 12.5. The normalized spacial score (nSPS) is 20.5. The van der Waals surface area contributed by atoms with Gasteiger partial charge in [0.2, 0.25) is 0 Å². The van der Waals surface area contributed by atoms with Gasteiger partial charge in [0.15, 0.2) is 0 Å². The molecular formula is C20H29ClN4O2. The van der Waals surface area contributed by atoms with Gasteiger partial charge in [-0.05, 0) is 50.9 Å². The standard InChI is InChI=1S/C20H29ClN4O2/c21-18-9-3-2-8-17(18)19(26)22-10-11-23-20(27)25-14-6-7-16(25)15-24-12-4-1-5-13-24/h2-3,8-9,16H,1,4-7,10-15H2,(H,22,26)(H,23,27). The van der Waals surface area contributed by atoms with E-state index in [1.165, 1.54) is 19.3 Å². The summed E-state index contributed by atoms with van der Waals surface area (Å²) in [4.78, 5) is 29.1. The predicted molar refractivity (Wildman–Crippen MR) is 107 cm³/mol. The van der Waals surface area contributed by atoms with Gasteiger partial charge in [-0.15, -0.1) is 0 Å². The zero-order chi connectivity index (χ0) is 19.1. The number of hydrogen-bond donors (Lipinski definition) is 2. The Labute approximate surface area is 166 Å². The number of carbonyl (C=O) groups excluding carboxylic acids is 2. The molecule has 2 heterocycles. The van der Waals surface area contributed by atoms with Crippen LogP contribution in [0.25, 0.3) is 0 Å². The topological polar surface area (TPSA) is 64.7 Å². The van der Waals surface area contributed by atoms with E-state index in [9.17, 15) is 9.59 Å². The molecule has 0 bridgehead atoms. The Kier molecular flexibility index (Phi) is 7.35. The Morgan fingerprint density at radius 3 is 2.52 bits per heavy atom. The van der Waals surface area contributed by atoms with Crippen LogP contribution in [0.15, 0.2) is 24.3 Å². The van der Waals surface area contributed by atoms with Crippen molar-refractivity contribution in [3.8, 4) is 0 Å². The predicted octanol–water partition coefficient (Wildman–Crippen LogP) is 2.73. The zero-order valence-corrected chi connectivity index (χ0v) is 16.5. The minimum absolute atomic E-state index is 0.0264. The van der Waals surface area contributed by atoms with Crippen molar-refractivity contribution < 1.29 is 9.59 Å². The summed E-state index contributed by atoms with van der Waals surface area (Å²) in [5.74, 6) is -0.223. The van der Waals surface area contributed by atoms with E-state index in [0.29, 0.717) is 29.7 Å². The first kappa shape index (κ1) is 20.0. The number of halogens is 1. The first-order chi connectivity index (χ1) is 13.1. The van der Waals surface area contributed by atoms with Crippen molar-refractivity contribution in [2.75, 3.05) is 39.3 Å². The second-order valence-electron chi connectivity index (χ2n) is 7.32. The van der Waals surface area contributed by atoms with Crippen molar-refractivity contribution in [3.05, 3.63) is 34.9 Å². The SMILES string of the molecule is O=C(NCCNC(=O)N1CCCC1CN1CCCCC1)c1ccccc1Cl. The summed E-state index contributed by atoms with van der Waals surface area (Å²) in [6.07, 6.45) is 6.00. The minimum atomic E-state index is -0.223. The van der Waals surface area contributed by atoms with Crippen molar-refractivity contribution >= 4 is 23.5 Å². The van der Waals surface area contributed by atoms with Gasteiger partial charge in [0.1, 0.15) is 0 Å². The average molecular weight is 393 g/mol. The smallest absolute Gasteiger partial charge is 0.317 e. The van der Waals surface area contributed by atoms with Crippen LogP contribution in [0.4, 0.5) is 4.79 Å². The van der Waals surface area contributed by atoms with Gasteiger partial charge in [-0.1, -0.05) is 30.2 Å². The Morgan fingerprint density at radius 1 is 1.00 bits per heavy atom. The Hall–Kier alpha value is -1.79. The van der Waals surface area contributed by atoms with Crippen LogP contribution < -0.4 is 10.6 Å². The van der Waals surface area contributed by atoms with Crippen LogP contribution >= 0.6 is 11.6 Å². The lowest BCUT2D eigenvalue weighted by Gasteiger charge is -2.33. The molecule has 1 aromatic rings. The number of rotatable bonds is 6. The van der Waals surface area contributed by atoms with Gasteiger partial charge < -0.3 is 20.4 Å². The molecule has 0 aromatic heterocycles. The van der Waals surface area contributed by atoms with E-state index in [-0.39, 0.29) is 11.9 Å². The van der Waals surface area contributed by atoms with Crippen LogP contribution in [0.5, 0.6) is 0 Å². The number of amides is 3. The number of carbonyl (C=O) groups is 2. The maximum Gasteiger partial charge on any atom is 0.317 e. The molecule has 27 heavy (non-hydrogen) atoms. The molecule has 2 N–H and O–H groups in total. The fourth-order valence-corrected chi connectivity index (χ4v) is 4.14. The fourth-order valence-electron chi connectivity index (χ4n) is 3.92. The van der Waals surface area contributed by atoms with Crippen LogP contribution in [-0.4, -0.2) is 67.0 Å². The van der Waals surface area contributed by atoms with Gasteiger partial charge in [0.05, 0.1) is 10.6 Å². The van der Waals surface area contributed by atoms with E-state index >= 15 is 0 Å². The highest BCUT2D eigenvalue weighted by molar-refractivity contribution is 6.33. The van der Waals surface area contributed by atoms with E-state index in [1.54, 1.807) is 24.3 Å². The molecule has 0 radical (unpaired) electrons. The Morgan fingerprint density at radius 2 is 1.74 bits per heavy atom. The second-order valence-corrected chi connectivity index (χ2v) is 7.73. The van der Waals surface area contributed by atoms with Crippen molar-refractivity contribution in [3.63, 3.8) is 0 Å². The van der Waals surface area contributed by atoms with Crippen molar-refractivity contribution in [1.29, 1.82) is 0 Å². The van der Waals surface area contributed by atoms with Crippen LogP contribution in [0.1, 0.15) is 42.5 Å². The first-order valence-corrected chi connectivity index (χ1v) is 10.3. The fraction of sp³-hybridized carbons (Fsp3) is 0.600. The summed E-state index contributed by atoms with van der Waals surface area (Å²) in [5.41, 5.74) is 0.451. The molecule has 3 rings (SSSR count). The van der Waals surface area contributed by atoms with Gasteiger partial charge in [0.25, 0.3) is 5.91 Å². The van der Waals surface area contributed by atoms with Crippen LogP contribution in [0.3, 0.4) is 0 Å². The summed E-state index contributed by atoms with van der Waals surface area (Å²) in [5, 5.41) is 6.16. The summed E-state index contributed by atoms with van der Waals surface area (Å²) < 4.78 is 0. The lowest BCUT2D eigenvalue weighted by molar-refractivity contribution is 0.0953. The molecule has 148 valence electrons. The largest absolute Gasteiger partial charge is 0.350 e. The lowest BCUT2D eigenvalue weighted by Crippen LogP contribution is -2.49. The highest BCUT2D eigenvalue weighted by atomic mass is 35.5. The molecule has 1 unspecified atom stereocenters. The van der Waals surface area contributed by atoms with Crippen molar-refractivity contribution in [2.45, 2.75) is 38.1 Å². The minimum Gasteiger partial charge on any atom is -0.350 e. The van der Waals surface area contributed by atoms with E-state index in [0.717, 1.165) is 39.0 Å². The van der Waals surface area contributed by atoms with Gasteiger partial charge in [-0.2, -0.15) is 0 Å². The van der Waals surface area contributed by atoms with Crippen molar-refractivity contribution in [1.82, 2.24) is 20.4 Å². The van der Waals surface area contributed by atoms with E-state index in [1.807, 2.05) is 4.90 Å². The van der Waals surface area contributed by atoms with Crippen LogP contribution in [0, 0.1) is 0 Å². The number of nitrogens with zero attached hydrogens (tertiary/aromatic N) is 2. The second kappa shape index (κ2) is 9.95. The molecule has 0 spiro atoms.